The first-order valence-corrected chi connectivity index (χ1v) is 19.5. The molecule has 0 saturated heterocycles. The van der Waals surface area contributed by atoms with Crippen molar-refractivity contribution in [2.24, 2.45) is 5.92 Å². The fraction of sp³-hybridized carbons (Fsp3) is 0.949. The Morgan fingerprint density at radius 1 is 0.455 bits per heavy atom. The molecular weight excluding hydrogens is 548 g/mol. The van der Waals surface area contributed by atoms with Crippen molar-refractivity contribution in [2.45, 2.75) is 219 Å². The lowest BCUT2D eigenvalue weighted by atomic mass is 9.99. The molecule has 5 heteroatoms. The van der Waals surface area contributed by atoms with E-state index in [1.807, 2.05) is 6.92 Å². The Bertz CT molecular complexity index is 555. The summed E-state index contributed by atoms with van der Waals surface area (Å²) in [6.07, 6.45) is 35.0. The van der Waals surface area contributed by atoms with Crippen LogP contribution in [0.1, 0.15) is 213 Å². The molecule has 2 atom stereocenters. The van der Waals surface area contributed by atoms with Crippen molar-refractivity contribution in [3.05, 3.63) is 0 Å². The highest BCUT2D eigenvalue weighted by atomic mass is 16.5. The summed E-state index contributed by atoms with van der Waals surface area (Å²) in [7, 11) is 0. The van der Waals surface area contributed by atoms with Crippen molar-refractivity contribution >= 4 is 11.9 Å². The number of carbonyl (C=O) groups excluding carboxylic acids is 2. The van der Waals surface area contributed by atoms with Gasteiger partial charge in [0.1, 0.15) is 0 Å². The van der Waals surface area contributed by atoms with E-state index in [4.69, 9.17) is 9.47 Å². The van der Waals surface area contributed by atoms with Gasteiger partial charge >= 0.3 is 11.9 Å². The van der Waals surface area contributed by atoms with Crippen LogP contribution in [-0.4, -0.2) is 36.4 Å². The zero-order valence-corrected chi connectivity index (χ0v) is 29.9. The number of esters is 2. The van der Waals surface area contributed by atoms with Crippen LogP contribution in [0.4, 0.5) is 0 Å². The first kappa shape index (κ1) is 42.9. The van der Waals surface area contributed by atoms with Crippen LogP contribution in [0.25, 0.3) is 0 Å². The van der Waals surface area contributed by atoms with Gasteiger partial charge in [0.05, 0.1) is 19.3 Å². The van der Waals surface area contributed by atoms with Crippen LogP contribution in [0, 0.1) is 5.92 Å². The largest absolute Gasteiger partial charge is 0.466 e. The molecule has 0 saturated carbocycles. The SMILES string of the molecule is CCCCCCCCCCCCCCCC(=O)OCCC(C)C(O)CCOC(=O)CCCCCCCCCCCCCCC. The molecule has 0 aliphatic carbocycles. The molecule has 2 unspecified atom stereocenters. The second-order valence-corrected chi connectivity index (χ2v) is 13.5. The van der Waals surface area contributed by atoms with E-state index in [9.17, 15) is 14.7 Å². The third kappa shape index (κ3) is 32.3. The van der Waals surface area contributed by atoms with Crippen molar-refractivity contribution in [2.75, 3.05) is 13.2 Å². The number of aliphatic hydroxyl groups excluding tert-OH is 1. The predicted octanol–water partition coefficient (Wildman–Crippen LogP) is 11.8. The smallest absolute Gasteiger partial charge is 0.305 e. The molecule has 0 aromatic heterocycles. The number of hydrogen-bond acceptors (Lipinski definition) is 5. The molecule has 0 bridgehead atoms. The number of aliphatic hydroxyl groups is 1. The van der Waals surface area contributed by atoms with Crippen molar-refractivity contribution in [3.63, 3.8) is 0 Å². The summed E-state index contributed by atoms with van der Waals surface area (Å²) in [4.78, 5) is 24.1. The van der Waals surface area contributed by atoms with Crippen LogP contribution < -0.4 is 0 Å². The minimum absolute atomic E-state index is 0.00102. The summed E-state index contributed by atoms with van der Waals surface area (Å²) in [6.45, 7) is 7.08. The molecule has 5 nitrogen and oxygen atoms in total. The van der Waals surface area contributed by atoms with E-state index in [-0.39, 0.29) is 24.5 Å². The van der Waals surface area contributed by atoms with Gasteiger partial charge in [0.15, 0.2) is 0 Å². The molecule has 0 radical (unpaired) electrons. The molecule has 44 heavy (non-hydrogen) atoms. The van der Waals surface area contributed by atoms with Crippen LogP contribution in [0.15, 0.2) is 0 Å². The molecule has 0 aromatic rings. The van der Waals surface area contributed by atoms with Crippen LogP contribution in [-0.2, 0) is 19.1 Å². The van der Waals surface area contributed by atoms with Gasteiger partial charge in [0, 0.05) is 19.3 Å². The predicted molar refractivity (Wildman–Crippen MR) is 187 cm³/mol. The van der Waals surface area contributed by atoms with E-state index >= 15 is 0 Å². The lowest BCUT2D eigenvalue weighted by Crippen LogP contribution is -2.22. The number of carbonyl (C=O) groups is 2. The Labute approximate surface area is 274 Å². The Kier molecular flexibility index (Phi) is 33.9. The highest BCUT2D eigenvalue weighted by Crippen LogP contribution is 2.16. The average molecular weight is 625 g/mol. The molecule has 0 amide bonds. The number of unbranched alkanes of at least 4 members (excludes halogenated alkanes) is 24. The molecule has 0 aliphatic rings. The summed E-state index contributed by atoms with van der Waals surface area (Å²) >= 11 is 0. The molecule has 0 aromatic carbocycles. The third-order valence-electron chi connectivity index (χ3n) is 9.14. The number of ether oxygens (including phenoxy) is 2. The molecule has 0 fully saturated rings. The third-order valence-corrected chi connectivity index (χ3v) is 9.14. The monoisotopic (exact) mass is 625 g/mol. The Morgan fingerprint density at radius 3 is 1.05 bits per heavy atom. The average Bonchev–Trinajstić information content (AvgIpc) is 3.01. The summed E-state index contributed by atoms with van der Waals surface area (Å²) in [5.74, 6) is -0.286. The molecule has 0 spiro atoms. The van der Waals surface area contributed by atoms with Gasteiger partial charge in [0.2, 0.25) is 0 Å². The van der Waals surface area contributed by atoms with Gasteiger partial charge in [-0.3, -0.25) is 9.59 Å². The fourth-order valence-electron chi connectivity index (χ4n) is 5.85. The Balaban J connectivity index is 3.49. The van der Waals surface area contributed by atoms with E-state index in [1.54, 1.807) is 0 Å². The molecule has 0 rings (SSSR count). The van der Waals surface area contributed by atoms with Gasteiger partial charge in [-0.2, -0.15) is 0 Å². The maximum atomic E-state index is 12.0. The van der Waals surface area contributed by atoms with Gasteiger partial charge in [-0.15, -0.1) is 0 Å². The van der Waals surface area contributed by atoms with E-state index in [2.05, 4.69) is 13.8 Å². The lowest BCUT2D eigenvalue weighted by molar-refractivity contribution is -0.146. The van der Waals surface area contributed by atoms with Crippen LogP contribution >= 0.6 is 0 Å². The van der Waals surface area contributed by atoms with Crippen molar-refractivity contribution in [1.29, 1.82) is 0 Å². The lowest BCUT2D eigenvalue weighted by Gasteiger charge is -2.18. The number of rotatable bonds is 35. The first-order chi connectivity index (χ1) is 21.5. The normalized spacial score (nSPS) is 12.7. The van der Waals surface area contributed by atoms with Gasteiger partial charge in [-0.1, -0.05) is 175 Å². The molecule has 0 aliphatic heterocycles. The van der Waals surface area contributed by atoms with Crippen LogP contribution in [0.3, 0.4) is 0 Å². The van der Waals surface area contributed by atoms with Gasteiger partial charge in [-0.25, -0.2) is 0 Å². The summed E-state index contributed by atoms with van der Waals surface area (Å²) < 4.78 is 10.7. The highest BCUT2D eigenvalue weighted by Gasteiger charge is 2.16. The Hall–Kier alpha value is -1.10. The zero-order chi connectivity index (χ0) is 32.4. The molecule has 262 valence electrons. The van der Waals surface area contributed by atoms with E-state index in [1.165, 1.54) is 141 Å². The molecule has 0 heterocycles. The highest BCUT2D eigenvalue weighted by molar-refractivity contribution is 5.69. The number of hydrogen-bond donors (Lipinski definition) is 1. The summed E-state index contributed by atoms with van der Waals surface area (Å²) in [6, 6.07) is 0. The van der Waals surface area contributed by atoms with Gasteiger partial charge < -0.3 is 14.6 Å². The fourth-order valence-corrected chi connectivity index (χ4v) is 5.85. The minimum Gasteiger partial charge on any atom is -0.466 e. The summed E-state index contributed by atoms with van der Waals surface area (Å²) in [5, 5.41) is 10.4. The standard InChI is InChI=1S/C39H76O5/c1-4-6-8-10-12-14-16-18-20-22-24-26-28-30-38(41)43-34-32-36(3)37(40)33-35-44-39(42)31-29-27-25-23-21-19-17-15-13-11-9-7-5-2/h36-37,40H,4-35H2,1-3H3. The summed E-state index contributed by atoms with van der Waals surface area (Å²) in [5.41, 5.74) is 0. The topological polar surface area (TPSA) is 72.8 Å². The van der Waals surface area contributed by atoms with Crippen LogP contribution in [0.5, 0.6) is 0 Å². The van der Waals surface area contributed by atoms with Crippen molar-refractivity contribution < 1.29 is 24.2 Å². The van der Waals surface area contributed by atoms with Crippen molar-refractivity contribution in [1.82, 2.24) is 0 Å². The first-order valence-electron chi connectivity index (χ1n) is 19.5. The minimum atomic E-state index is -0.557. The second-order valence-electron chi connectivity index (χ2n) is 13.5. The Morgan fingerprint density at radius 2 is 0.727 bits per heavy atom. The van der Waals surface area contributed by atoms with Crippen molar-refractivity contribution in [3.8, 4) is 0 Å². The van der Waals surface area contributed by atoms with E-state index in [0.29, 0.717) is 32.3 Å². The van der Waals surface area contributed by atoms with Crippen LogP contribution in [0.2, 0.25) is 0 Å². The maximum absolute atomic E-state index is 12.0. The second kappa shape index (κ2) is 34.8. The quantitative estimate of drug-likeness (QED) is 0.0561. The van der Waals surface area contributed by atoms with E-state index < -0.39 is 6.10 Å². The van der Waals surface area contributed by atoms with Gasteiger partial charge in [0.25, 0.3) is 0 Å². The zero-order valence-electron chi connectivity index (χ0n) is 29.9. The molecule has 1 N–H and O–H groups in total. The molecular formula is C39H76O5. The van der Waals surface area contributed by atoms with Gasteiger partial charge in [-0.05, 0) is 25.2 Å². The maximum Gasteiger partial charge on any atom is 0.305 e. The van der Waals surface area contributed by atoms with E-state index in [0.717, 1.165) is 25.7 Å².